The molecule has 5 heteroatoms. The van der Waals surface area contributed by atoms with E-state index in [0.29, 0.717) is 12.5 Å². The molecule has 1 rings (SSSR count). The number of imidazole rings is 1. The summed E-state index contributed by atoms with van der Waals surface area (Å²) in [7, 11) is 0. The first-order chi connectivity index (χ1) is 5.83. The van der Waals surface area contributed by atoms with Gasteiger partial charge in [0.05, 0.1) is 18.6 Å². The lowest BCUT2D eigenvalue weighted by atomic mass is 10.5. The lowest BCUT2D eigenvalue weighted by Gasteiger charge is -1.99. The van der Waals surface area contributed by atoms with Crippen LogP contribution in [0.4, 0.5) is 0 Å². The zero-order valence-corrected chi connectivity index (χ0v) is 7.04. The predicted molar refractivity (Wildman–Crippen MR) is 47.6 cm³/mol. The molecular formula is C7H13N5. The molecule has 0 saturated heterocycles. The third kappa shape index (κ3) is 2.61. The SMILES string of the molecule is CCNC(N)=NCc1cnc[nH]1. The van der Waals surface area contributed by atoms with Crippen molar-refractivity contribution in [2.45, 2.75) is 13.5 Å². The van der Waals surface area contributed by atoms with Crippen LogP contribution in [0.5, 0.6) is 0 Å². The summed E-state index contributed by atoms with van der Waals surface area (Å²) in [6.07, 6.45) is 3.34. The number of guanidine groups is 1. The molecule has 0 bridgehead atoms. The molecule has 0 amide bonds. The van der Waals surface area contributed by atoms with Crippen molar-refractivity contribution >= 4 is 5.96 Å². The third-order valence-electron chi connectivity index (χ3n) is 1.33. The van der Waals surface area contributed by atoms with E-state index in [1.807, 2.05) is 6.92 Å². The molecule has 0 aliphatic carbocycles. The van der Waals surface area contributed by atoms with Gasteiger partial charge in [0.2, 0.25) is 0 Å². The lowest BCUT2D eigenvalue weighted by Crippen LogP contribution is -2.31. The smallest absolute Gasteiger partial charge is 0.188 e. The van der Waals surface area contributed by atoms with Crippen LogP contribution in [0.25, 0.3) is 0 Å². The van der Waals surface area contributed by atoms with Crippen molar-refractivity contribution < 1.29 is 0 Å². The summed E-state index contributed by atoms with van der Waals surface area (Å²) in [6.45, 7) is 3.30. The molecule has 0 aliphatic heterocycles. The Morgan fingerprint density at radius 1 is 1.83 bits per heavy atom. The fraction of sp³-hybridized carbons (Fsp3) is 0.429. The maximum atomic E-state index is 5.51. The van der Waals surface area contributed by atoms with Crippen molar-refractivity contribution in [3.05, 3.63) is 18.2 Å². The number of rotatable bonds is 3. The molecular weight excluding hydrogens is 154 g/mol. The quantitative estimate of drug-likeness (QED) is 0.432. The first-order valence-corrected chi connectivity index (χ1v) is 3.84. The number of aromatic amines is 1. The minimum absolute atomic E-state index is 0.465. The monoisotopic (exact) mass is 167 g/mol. The summed E-state index contributed by atoms with van der Waals surface area (Å²) in [5.74, 6) is 0.465. The van der Waals surface area contributed by atoms with E-state index in [-0.39, 0.29) is 0 Å². The molecule has 0 saturated carbocycles. The van der Waals surface area contributed by atoms with E-state index in [9.17, 15) is 0 Å². The Kier molecular flexibility index (Phi) is 3.13. The van der Waals surface area contributed by atoms with Crippen LogP contribution in [-0.4, -0.2) is 22.5 Å². The van der Waals surface area contributed by atoms with Gasteiger partial charge in [-0.1, -0.05) is 0 Å². The number of nitrogens with two attached hydrogens (primary N) is 1. The summed E-state index contributed by atoms with van der Waals surface area (Å²) in [5.41, 5.74) is 6.46. The van der Waals surface area contributed by atoms with Crippen LogP contribution in [-0.2, 0) is 6.54 Å². The lowest BCUT2D eigenvalue weighted by molar-refractivity contribution is 0.915. The molecule has 0 unspecified atom stereocenters. The Balaban J connectivity index is 2.38. The normalized spacial score (nSPS) is 11.6. The average Bonchev–Trinajstić information content (AvgIpc) is 2.53. The van der Waals surface area contributed by atoms with E-state index < -0.39 is 0 Å². The van der Waals surface area contributed by atoms with Crippen molar-refractivity contribution in [3.63, 3.8) is 0 Å². The van der Waals surface area contributed by atoms with E-state index >= 15 is 0 Å². The maximum Gasteiger partial charge on any atom is 0.188 e. The molecule has 1 aromatic rings. The predicted octanol–water partition coefficient (Wildman–Crippen LogP) is -0.166. The molecule has 4 N–H and O–H groups in total. The van der Waals surface area contributed by atoms with Gasteiger partial charge in [0.1, 0.15) is 0 Å². The summed E-state index contributed by atoms with van der Waals surface area (Å²) in [4.78, 5) is 10.9. The van der Waals surface area contributed by atoms with Crippen LogP contribution in [0.15, 0.2) is 17.5 Å². The molecule has 1 aromatic heterocycles. The molecule has 0 spiro atoms. The van der Waals surface area contributed by atoms with Crippen molar-refractivity contribution in [1.29, 1.82) is 0 Å². The first kappa shape index (κ1) is 8.58. The molecule has 0 atom stereocenters. The third-order valence-corrected chi connectivity index (χ3v) is 1.33. The summed E-state index contributed by atoms with van der Waals surface area (Å²) < 4.78 is 0. The minimum Gasteiger partial charge on any atom is -0.370 e. The highest BCUT2D eigenvalue weighted by Gasteiger charge is 1.91. The topological polar surface area (TPSA) is 79.1 Å². The number of hydrogen-bond acceptors (Lipinski definition) is 2. The zero-order chi connectivity index (χ0) is 8.81. The van der Waals surface area contributed by atoms with Crippen LogP contribution in [0.1, 0.15) is 12.6 Å². The van der Waals surface area contributed by atoms with Crippen molar-refractivity contribution in [3.8, 4) is 0 Å². The van der Waals surface area contributed by atoms with Crippen molar-refractivity contribution in [2.75, 3.05) is 6.54 Å². The number of nitrogens with one attached hydrogen (secondary N) is 2. The van der Waals surface area contributed by atoms with Crippen molar-refractivity contribution in [1.82, 2.24) is 15.3 Å². The standard InChI is InChI=1S/C7H13N5/c1-2-10-7(8)11-4-6-3-9-5-12-6/h3,5H,2,4H2,1H3,(H,9,12)(H3,8,10,11). The summed E-state index contributed by atoms with van der Waals surface area (Å²) >= 11 is 0. The van der Waals surface area contributed by atoms with Crippen LogP contribution in [0, 0.1) is 0 Å². The Morgan fingerprint density at radius 2 is 2.67 bits per heavy atom. The van der Waals surface area contributed by atoms with E-state index in [1.165, 1.54) is 0 Å². The largest absolute Gasteiger partial charge is 0.370 e. The molecule has 5 nitrogen and oxygen atoms in total. The van der Waals surface area contributed by atoms with Crippen LogP contribution in [0.2, 0.25) is 0 Å². The van der Waals surface area contributed by atoms with Gasteiger partial charge in [0.25, 0.3) is 0 Å². The van der Waals surface area contributed by atoms with Gasteiger partial charge in [-0.25, -0.2) is 9.98 Å². The fourth-order valence-electron chi connectivity index (χ4n) is 0.779. The van der Waals surface area contributed by atoms with Gasteiger partial charge in [-0.3, -0.25) is 0 Å². The van der Waals surface area contributed by atoms with E-state index in [2.05, 4.69) is 20.3 Å². The number of nitrogens with zero attached hydrogens (tertiary/aromatic N) is 2. The van der Waals surface area contributed by atoms with Gasteiger partial charge in [-0.15, -0.1) is 0 Å². The second-order valence-corrected chi connectivity index (χ2v) is 2.31. The first-order valence-electron chi connectivity index (χ1n) is 3.84. The van der Waals surface area contributed by atoms with Crippen molar-refractivity contribution in [2.24, 2.45) is 10.7 Å². The van der Waals surface area contributed by atoms with Gasteiger partial charge in [-0.05, 0) is 6.92 Å². The number of aliphatic imine (C=N–C) groups is 1. The average molecular weight is 167 g/mol. The van der Waals surface area contributed by atoms with Gasteiger partial charge >= 0.3 is 0 Å². The minimum atomic E-state index is 0.465. The van der Waals surface area contributed by atoms with E-state index in [4.69, 9.17) is 5.73 Å². The Morgan fingerprint density at radius 3 is 3.25 bits per heavy atom. The molecule has 0 fully saturated rings. The maximum absolute atomic E-state index is 5.51. The van der Waals surface area contributed by atoms with Gasteiger partial charge in [0.15, 0.2) is 5.96 Å². The molecule has 12 heavy (non-hydrogen) atoms. The summed E-state index contributed by atoms with van der Waals surface area (Å²) in [5, 5.41) is 2.90. The van der Waals surface area contributed by atoms with Crippen LogP contribution in [0.3, 0.4) is 0 Å². The molecule has 66 valence electrons. The Labute approximate surface area is 71.1 Å². The number of aromatic nitrogens is 2. The fourth-order valence-corrected chi connectivity index (χ4v) is 0.779. The molecule has 0 radical (unpaired) electrons. The van der Waals surface area contributed by atoms with Crippen LogP contribution < -0.4 is 11.1 Å². The molecule has 0 aromatic carbocycles. The highest BCUT2D eigenvalue weighted by Crippen LogP contribution is 1.92. The Bertz CT molecular complexity index is 238. The second-order valence-electron chi connectivity index (χ2n) is 2.31. The van der Waals surface area contributed by atoms with E-state index in [0.717, 1.165) is 12.2 Å². The Hall–Kier alpha value is -1.52. The highest BCUT2D eigenvalue weighted by molar-refractivity contribution is 5.77. The molecule has 1 heterocycles. The van der Waals surface area contributed by atoms with E-state index in [1.54, 1.807) is 12.5 Å². The van der Waals surface area contributed by atoms with Gasteiger partial charge in [-0.2, -0.15) is 0 Å². The van der Waals surface area contributed by atoms with Gasteiger partial charge in [0, 0.05) is 12.7 Å². The van der Waals surface area contributed by atoms with Crippen LogP contribution >= 0.6 is 0 Å². The zero-order valence-electron chi connectivity index (χ0n) is 7.04. The summed E-state index contributed by atoms with van der Waals surface area (Å²) in [6, 6.07) is 0. The number of H-pyrrole nitrogens is 1. The highest BCUT2D eigenvalue weighted by atomic mass is 15.1. The van der Waals surface area contributed by atoms with Gasteiger partial charge < -0.3 is 16.0 Å². The molecule has 0 aliphatic rings. The second kappa shape index (κ2) is 4.38. The number of hydrogen-bond donors (Lipinski definition) is 3.